The Labute approximate surface area is 80.6 Å². The van der Waals surface area contributed by atoms with Gasteiger partial charge in [0.15, 0.2) is 0 Å². The Morgan fingerprint density at radius 1 is 1.54 bits per heavy atom. The second-order valence-corrected chi connectivity index (χ2v) is 4.65. The molecule has 0 unspecified atom stereocenters. The monoisotopic (exact) mass is 184 g/mol. The van der Waals surface area contributed by atoms with Crippen molar-refractivity contribution in [3.8, 4) is 0 Å². The van der Waals surface area contributed by atoms with Crippen LogP contribution in [0.25, 0.3) is 0 Å². The van der Waals surface area contributed by atoms with Crippen LogP contribution in [0.4, 0.5) is 0 Å². The Morgan fingerprint density at radius 2 is 2.15 bits per heavy atom. The average molecular weight is 184 g/mol. The fourth-order valence-corrected chi connectivity index (χ4v) is 1.24. The maximum absolute atomic E-state index is 9.05. The van der Waals surface area contributed by atoms with Gasteiger partial charge in [-0.3, -0.25) is 0 Å². The molecular formula is C11H20O2. The first-order chi connectivity index (χ1) is 6.03. The topological polar surface area (TPSA) is 29.5 Å². The van der Waals surface area contributed by atoms with Crippen LogP contribution in [0.5, 0.6) is 0 Å². The van der Waals surface area contributed by atoms with E-state index in [1.807, 2.05) is 13.8 Å². The summed E-state index contributed by atoms with van der Waals surface area (Å²) in [5.41, 5.74) is 1.10. The minimum absolute atomic E-state index is 0.114. The van der Waals surface area contributed by atoms with Crippen molar-refractivity contribution < 1.29 is 9.84 Å². The Bertz CT molecular complexity index is 190. The first-order valence-corrected chi connectivity index (χ1v) is 4.94. The van der Waals surface area contributed by atoms with Crippen LogP contribution in [-0.4, -0.2) is 24.4 Å². The van der Waals surface area contributed by atoms with Gasteiger partial charge in [-0.1, -0.05) is 25.5 Å². The Morgan fingerprint density at radius 3 is 2.62 bits per heavy atom. The fraction of sp³-hybridized carbons (Fsp3) is 0.818. The molecule has 0 spiro atoms. The van der Waals surface area contributed by atoms with Crippen molar-refractivity contribution in [2.75, 3.05) is 13.2 Å². The van der Waals surface area contributed by atoms with E-state index in [2.05, 4.69) is 13.0 Å². The van der Waals surface area contributed by atoms with Gasteiger partial charge < -0.3 is 9.84 Å². The third-order valence-corrected chi connectivity index (χ3v) is 2.12. The van der Waals surface area contributed by atoms with Crippen LogP contribution in [0.2, 0.25) is 0 Å². The molecule has 0 aromatic carbocycles. The quantitative estimate of drug-likeness (QED) is 0.663. The number of aliphatic hydroxyl groups is 1. The smallest absolute Gasteiger partial charge is 0.0678 e. The van der Waals surface area contributed by atoms with Gasteiger partial charge in [0.1, 0.15) is 0 Å². The zero-order chi connectivity index (χ0) is 9.90. The largest absolute Gasteiger partial charge is 0.395 e. The van der Waals surface area contributed by atoms with Crippen LogP contribution < -0.4 is 0 Å². The summed E-state index contributed by atoms with van der Waals surface area (Å²) >= 11 is 0. The molecular weight excluding hydrogens is 164 g/mol. The molecule has 0 heterocycles. The van der Waals surface area contributed by atoms with E-state index in [9.17, 15) is 0 Å². The van der Waals surface area contributed by atoms with Crippen molar-refractivity contribution in [1.82, 2.24) is 0 Å². The lowest BCUT2D eigenvalue weighted by Gasteiger charge is -2.17. The van der Waals surface area contributed by atoms with E-state index in [4.69, 9.17) is 9.84 Å². The highest BCUT2D eigenvalue weighted by Gasteiger charge is 2.22. The maximum atomic E-state index is 9.05. The summed E-state index contributed by atoms with van der Waals surface area (Å²) in [6.45, 7) is 7.00. The molecule has 13 heavy (non-hydrogen) atoms. The lowest BCUT2D eigenvalue weighted by atomic mass is 9.92. The number of hydrogen-bond acceptors (Lipinski definition) is 2. The minimum Gasteiger partial charge on any atom is -0.395 e. The average Bonchev–Trinajstić information content (AvgIpc) is 2.83. The summed E-state index contributed by atoms with van der Waals surface area (Å²) in [6, 6.07) is 0. The van der Waals surface area contributed by atoms with Crippen LogP contribution in [0.15, 0.2) is 11.6 Å². The summed E-state index contributed by atoms with van der Waals surface area (Å²) < 4.78 is 5.56. The second kappa shape index (κ2) is 4.25. The zero-order valence-corrected chi connectivity index (χ0v) is 8.84. The van der Waals surface area contributed by atoms with Crippen LogP contribution in [0.1, 0.15) is 33.6 Å². The third-order valence-electron chi connectivity index (χ3n) is 2.12. The van der Waals surface area contributed by atoms with E-state index in [1.165, 1.54) is 18.4 Å². The lowest BCUT2D eigenvalue weighted by molar-refractivity contribution is 0.139. The van der Waals surface area contributed by atoms with Gasteiger partial charge in [0.25, 0.3) is 0 Å². The molecule has 0 aliphatic heterocycles. The van der Waals surface area contributed by atoms with Crippen molar-refractivity contribution in [1.29, 1.82) is 0 Å². The van der Waals surface area contributed by atoms with E-state index in [1.54, 1.807) is 0 Å². The molecule has 1 rings (SSSR count). The van der Waals surface area contributed by atoms with Crippen LogP contribution in [-0.2, 0) is 4.74 Å². The molecule has 76 valence electrons. The normalized spacial score (nSPS) is 19.2. The van der Waals surface area contributed by atoms with E-state index in [0.29, 0.717) is 12.7 Å². The van der Waals surface area contributed by atoms with E-state index in [0.717, 1.165) is 0 Å². The third kappa shape index (κ3) is 4.44. The highest BCUT2D eigenvalue weighted by atomic mass is 16.5. The zero-order valence-electron chi connectivity index (χ0n) is 8.84. The summed E-state index contributed by atoms with van der Waals surface area (Å²) in [5, 5.41) is 9.05. The molecule has 1 fully saturated rings. The second-order valence-electron chi connectivity index (χ2n) is 4.65. The summed E-state index contributed by atoms with van der Waals surface area (Å²) in [6.07, 6.45) is 5.04. The molecule has 0 amide bonds. The van der Waals surface area contributed by atoms with Crippen molar-refractivity contribution >= 4 is 0 Å². The number of ether oxygens (including phenoxy) is 1. The van der Waals surface area contributed by atoms with Gasteiger partial charge >= 0.3 is 0 Å². The number of hydrogen-bond donors (Lipinski definition) is 1. The molecule has 1 saturated carbocycles. The maximum Gasteiger partial charge on any atom is 0.0678 e. The molecule has 2 heteroatoms. The van der Waals surface area contributed by atoms with Crippen molar-refractivity contribution in [3.05, 3.63) is 11.6 Å². The minimum atomic E-state index is -0.114. The van der Waals surface area contributed by atoms with E-state index >= 15 is 0 Å². The Kier molecular flexibility index (Phi) is 3.51. The van der Waals surface area contributed by atoms with Crippen molar-refractivity contribution in [3.63, 3.8) is 0 Å². The van der Waals surface area contributed by atoms with Gasteiger partial charge in [0, 0.05) is 5.41 Å². The first kappa shape index (κ1) is 10.7. The van der Waals surface area contributed by atoms with Gasteiger partial charge in [-0.25, -0.2) is 0 Å². The number of aliphatic hydroxyl groups excluding tert-OH is 1. The van der Waals surface area contributed by atoms with Crippen LogP contribution in [0, 0.1) is 5.41 Å². The van der Waals surface area contributed by atoms with Gasteiger partial charge in [-0.15, -0.1) is 0 Å². The highest BCUT2D eigenvalue weighted by molar-refractivity contribution is 5.05. The molecule has 1 N–H and O–H groups in total. The van der Waals surface area contributed by atoms with Crippen molar-refractivity contribution in [2.24, 2.45) is 5.41 Å². The van der Waals surface area contributed by atoms with Crippen LogP contribution >= 0.6 is 0 Å². The Balaban J connectivity index is 2.30. The van der Waals surface area contributed by atoms with Gasteiger partial charge in [0.05, 0.1) is 19.3 Å². The Hall–Kier alpha value is -0.340. The predicted molar refractivity (Wildman–Crippen MR) is 53.6 cm³/mol. The van der Waals surface area contributed by atoms with Gasteiger partial charge in [-0.05, 0) is 19.8 Å². The standard InChI is InChI=1S/C11H20O2/c1-9(6-11(2,3)8-12)7-13-10-4-5-10/h6,10,12H,4-5,7-8H2,1-3H3/b9-6+. The van der Waals surface area contributed by atoms with Gasteiger partial charge in [-0.2, -0.15) is 0 Å². The SMILES string of the molecule is C/C(=C\C(C)(C)CO)COC1CC1. The summed E-state index contributed by atoms with van der Waals surface area (Å²) in [4.78, 5) is 0. The molecule has 0 saturated heterocycles. The summed E-state index contributed by atoms with van der Waals surface area (Å²) in [5.74, 6) is 0. The predicted octanol–water partition coefficient (Wildman–Crippen LogP) is 2.13. The van der Waals surface area contributed by atoms with Crippen molar-refractivity contribution in [2.45, 2.75) is 39.7 Å². The fourth-order valence-electron chi connectivity index (χ4n) is 1.24. The van der Waals surface area contributed by atoms with E-state index < -0.39 is 0 Å². The molecule has 1 aliphatic rings. The first-order valence-electron chi connectivity index (χ1n) is 4.94. The lowest BCUT2D eigenvalue weighted by Crippen LogP contribution is -2.14. The molecule has 2 nitrogen and oxygen atoms in total. The molecule has 0 bridgehead atoms. The molecule has 1 aliphatic carbocycles. The molecule has 0 aromatic heterocycles. The van der Waals surface area contributed by atoms with E-state index in [-0.39, 0.29) is 12.0 Å². The van der Waals surface area contributed by atoms with Crippen LogP contribution in [0.3, 0.4) is 0 Å². The molecule has 0 atom stereocenters. The number of rotatable bonds is 5. The molecule has 0 radical (unpaired) electrons. The highest BCUT2D eigenvalue weighted by Crippen LogP contribution is 2.25. The van der Waals surface area contributed by atoms with Gasteiger partial charge in [0.2, 0.25) is 0 Å². The molecule has 0 aromatic rings. The summed E-state index contributed by atoms with van der Waals surface area (Å²) in [7, 11) is 0.